The lowest BCUT2D eigenvalue weighted by Crippen LogP contribution is -2.34. The van der Waals surface area contributed by atoms with E-state index in [-0.39, 0.29) is 25.1 Å². The second-order valence-corrected chi connectivity index (χ2v) is 8.56. The molecule has 1 aliphatic heterocycles. The van der Waals surface area contributed by atoms with Crippen molar-refractivity contribution in [3.05, 3.63) is 81.6 Å². The fourth-order valence-corrected chi connectivity index (χ4v) is 4.92. The van der Waals surface area contributed by atoms with Crippen LogP contribution in [-0.2, 0) is 6.54 Å². The third-order valence-corrected chi connectivity index (χ3v) is 6.51. The summed E-state index contributed by atoms with van der Waals surface area (Å²) in [4.78, 5) is 31.8. The average Bonchev–Trinajstić information content (AvgIpc) is 3.59. The number of aromatic nitrogens is 7. The van der Waals surface area contributed by atoms with E-state index in [0.717, 1.165) is 18.4 Å². The molecule has 1 saturated heterocycles. The van der Waals surface area contributed by atoms with Gasteiger partial charge in [0.1, 0.15) is 29.4 Å². The van der Waals surface area contributed by atoms with Crippen molar-refractivity contribution >= 4 is 47.5 Å². The third-order valence-electron chi connectivity index (χ3n) is 6.21. The zero-order valence-corrected chi connectivity index (χ0v) is 20.1. The predicted octanol–water partition coefficient (Wildman–Crippen LogP) is 3.19. The van der Waals surface area contributed by atoms with E-state index in [9.17, 15) is 10.1 Å². The summed E-state index contributed by atoms with van der Waals surface area (Å²) in [5.74, 6) is 1.25. The van der Waals surface area contributed by atoms with Gasteiger partial charge in [-0.3, -0.25) is 14.3 Å². The maximum Gasteiger partial charge on any atom is 0.279 e. The molecule has 5 aromatic rings. The second kappa shape index (κ2) is 9.05. The Morgan fingerprint density at radius 1 is 1.29 bits per heavy atom. The molecule has 0 aromatic carbocycles. The van der Waals surface area contributed by atoms with Gasteiger partial charge in [0.05, 0.1) is 28.6 Å². The van der Waals surface area contributed by atoms with Crippen LogP contribution in [0.2, 0.25) is 5.02 Å². The number of aromatic amines is 1. The lowest BCUT2D eigenvalue weighted by atomic mass is 10.1. The molecule has 0 radical (unpaired) electrons. The minimum Gasteiger partial charge on any atom is -0.346 e. The Balaban J connectivity index is 0.00000253. The van der Waals surface area contributed by atoms with Crippen LogP contribution in [0, 0.1) is 11.3 Å². The molecule has 1 N–H and O–H groups in total. The van der Waals surface area contributed by atoms with Gasteiger partial charge in [-0.2, -0.15) is 23.9 Å². The molecule has 10 nitrogen and oxygen atoms in total. The molecule has 176 valence electrons. The molecule has 35 heavy (non-hydrogen) atoms. The third kappa shape index (κ3) is 3.71. The molecule has 1 aliphatic rings. The lowest BCUT2D eigenvalue weighted by Gasteiger charge is -2.27. The molecule has 6 rings (SSSR count). The van der Waals surface area contributed by atoms with Gasteiger partial charge in [-0.15, -0.1) is 0 Å². The number of halogens is 1. The molecule has 6 heterocycles. The molecule has 1 fully saturated rings. The highest BCUT2D eigenvalue weighted by Gasteiger charge is 2.33. The van der Waals surface area contributed by atoms with Crippen molar-refractivity contribution in [2.75, 3.05) is 11.4 Å². The number of rotatable bonds is 4. The number of hydrogen-bond donors (Lipinski definition) is 1. The largest absolute Gasteiger partial charge is 0.346 e. The molecular weight excluding hydrogens is 486 g/mol. The first-order valence-electron chi connectivity index (χ1n) is 10.8. The average molecular weight is 506 g/mol. The number of nitrogens with zero attached hydrogens (tertiary/aromatic N) is 8. The van der Waals surface area contributed by atoms with Gasteiger partial charge >= 0.3 is 0 Å². The molecule has 5 aromatic heterocycles. The number of nitrogens with one attached hydrogen (secondary N) is 1. The van der Waals surface area contributed by atoms with Crippen LogP contribution in [0.25, 0.3) is 16.6 Å². The smallest absolute Gasteiger partial charge is 0.279 e. The molecule has 0 aliphatic carbocycles. The number of nitriles is 1. The van der Waals surface area contributed by atoms with E-state index in [0.29, 0.717) is 51.9 Å². The number of anilines is 1. The van der Waals surface area contributed by atoms with E-state index in [1.54, 1.807) is 39.9 Å². The van der Waals surface area contributed by atoms with Crippen LogP contribution in [0.15, 0.2) is 54.1 Å². The maximum absolute atomic E-state index is 13.6. The van der Waals surface area contributed by atoms with Crippen molar-refractivity contribution in [2.45, 2.75) is 25.4 Å². The number of H-pyrrole nitrogens is 1. The van der Waals surface area contributed by atoms with Crippen LogP contribution in [0.4, 0.5) is 5.82 Å². The van der Waals surface area contributed by atoms with E-state index in [1.807, 2.05) is 12.1 Å². The van der Waals surface area contributed by atoms with E-state index in [2.05, 4.69) is 30.9 Å². The zero-order chi connectivity index (χ0) is 23.2. The number of pyridine rings is 1. The van der Waals surface area contributed by atoms with E-state index in [4.69, 9.17) is 16.7 Å². The van der Waals surface area contributed by atoms with Crippen LogP contribution in [0.1, 0.15) is 35.8 Å². The summed E-state index contributed by atoms with van der Waals surface area (Å²) in [7, 11) is 0. The van der Waals surface area contributed by atoms with Crippen molar-refractivity contribution in [3.8, 4) is 6.07 Å². The quantitative estimate of drug-likeness (QED) is 0.398. The van der Waals surface area contributed by atoms with E-state index >= 15 is 0 Å². The normalized spacial score (nSPS) is 15.4. The first-order valence-corrected chi connectivity index (χ1v) is 11.2. The highest BCUT2D eigenvalue weighted by Crippen LogP contribution is 2.38. The van der Waals surface area contributed by atoms with Crippen molar-refractivity contribution in [2.24, 2.45) is 0 Å². The molecule has 0 saturated carbocycles. The summed E-state index contributed by atoms with van der Waals surface area (Å²) in [5.41, 5.74) is 2.07. The van der Waals surface area contributed by atoms with Gasteiger partial charge in [-0.1, -0.05) is 17.7 Å². The van der Waals surface area contributed by atoms with Crippen LogP contribution in [-0.4, -0.2) is 40.7 Å². The monoisotopic (exact) mass is 505 g/mol. The molecular formula is C23H20ClN9OS. The zero-order valence-electron chi connectivity index (χ0n) is 18.4. The summed E-state index contributed by atoms with van der Waals surface area (Å²) < 4.78 is 3.21. The van der Waals surface area contributed by atoms with Crippen LogP contribution < -0.4 is 10.5 Å². The van der Waals surface area contributed by atoms with Crippen molar-refractivity contribution in [1.82, 2.24) is 34.1 Å². The Kier molecular flexibility index (Phi) is 5.92. The summed E-state index contributed by atoms with van der Waals surface area (Å²) >= 11 is 6.33. The Morgan fingerprint density at radius 2 is 2.17 bits per heavy atom. The van der Waals surface area contributed by atoms with Gasteiger partial charge in [0.25, 0.3) is 5.56 Å². The molecule has 1 atom stereocenters. The fraction of sp³-hybridized carbons (Fsp3) is 0.217. The van der Waals surface area contributed by atoms with Gasteiger partial charge < -0.3 is 9.88 Å². The Hall–Kier alpha value is -3.88. The van der Waals surface area contributed by atoms with Crippen LogP contribution >= 0.6 is 25.1 Å². The minimum atomic E-state index is -0.227. The standard InChI is InChI=1S/C23H18ClN9O.H2S/c24-16-5-8-33-19(16)23(34)32(12-14-3-1-6-26-10-14)21(30-33)17-4-2-7-31(17)22-18-15(9-25)11-27-20(18)28-13-29-22;/h1,3,5-6,8,10-11,13,17H,2,4,7,12H2,(H,27,28,29);1H2/t17-;/m0./s1. The summed E-state index contributed by atoms with van der Waals surface area (Å²) in [6.07, 6.45) is 9.90. The number of fused-ring (bicyclic) bond motifs is 2. The van der Waals surface area contributed by atoms with Gasteiger partial charge in [0.15, 0.2) is 5.82 Å². The SMILES string of the molecule is N#Cc1c[nH]c2ncnc(N3CCC[C@H]3c3nn4ccc(Cl)c4c(=O)n3Cc3cccnc3)c12.S. The molecule has 0 spiro atoms. The highest BCUT2D eigenvalue weighted by molar-refractivity contribution is 7.59. The Bertz CT molecular complexity index is 1640. The first-order chi connectivity index (χ1) is 16.7. The summed E-state index contributed by atoms with van der Waals surface area (Å²) in [6.45, 7) is 1.02. The first kappa shape index (κ1) is 22.9. The topological polar surface area (TPSA) is 121 Å². The van der Waals surface area contributed by atoms with Crippen molar-refractivity contribution in [1.29, 1.82) is 5.26 Å². The van der Waals surface area contributed by atoms with E-state index in [1.165, 1.54) is 6.33 Å². The van der Waals surface area contributed by atoms with Gasteiger partial charge in [0.2, 0.25) is 0 Å². The van der Waals surface area contributed by atoms with E-state index < -0.39 is 0 Å². The second-order valence-electron chi connectivity index (χ2n) is 8.15. The van der Waals surface area contributed by atoms with Crippen molar-refractivity contribution in [3.63, 3.8) is 0 Å². The van der Waals surface area contributed by atoms with Gasteiger partial charge in [-0.25, -0.2) is 14.5 Å². The molecule has 0 unspecified atom stereocenters. The molecule has 12 heteroatoms. The van der Waals surface area contributed by atoms with Crippen molar-refractivity contribution < 1.29 is 0 Å². The summed E-state index contributed by atoms with van der Waals surface area (Å²) in [5, 5.41) is 15.5. The van der Waals surface area contributed by atoms with Gasteiger partial charge in [0, 0.05) is 31.3 Å². The fourth-order valence-electron chi connectivity index (χ4n) is 4.69. The number of hydrogen-bond acceptors (Lipinski definition) is 7. The molecule has 0 bridgehead atoms. The Morgan fingerprint density at radius 3 is 2.97 bits per heavy atom. The van der Waals surface area contributed by atoms with Gasteiger partial charge in [-0.05, 0) is 30.5 Å². The molecule has 0 amide bonds. The predicted molar refractivity (Wildman–Crippen MR) is 136 cm³/mol. The Labute approximate surface area is 211 Å². The van der Waals surface area contributed by atoms with Crippen LogP contribution in [0.3, 0.4) is 0 Å². The maximum atomic E-state index is 13.6. The van der Waals surface area contributed by atoms with Crippen LogP contribution in [0.5, 0.6) is 0 Å². The highest BCUT2D eigenvalue weighted by atomic mass is 35.5. The lowest BCUT2D eigenvalue weighted by molar-refractivity contribution is 0.554. The summed E-state index contributed by atoms with van der Waals surface area (Å²) in [6, 6.07) is 7.42. The minimum absolute atomic E-state index is 0.